The van der Waals surface area contributed by atoms with Gasteiger partial charge in [0, 0.05) is 58.2 Å². The van der Waals surface area contributed by atoms with E-state index in [1.165, 1.54) is 0 Å². The van der Waals surface area contributed by atoms with Crippen molar-refractivity contribution in [2.45, 2.75) is 11.3 Å². The zero-order valence-corrected chi connectivity index (χ0v) is 16.1. The van der Waals surface area contributed by atoms with Gasteiger partial charge in [0.15, 0.2) is 0 Å². The van der Waals surface area contributed by atoms with Gasteiger partial charge in [-0.05, 0) is 0 Å². The number of nitrogens with one attached hydrogen (secondary N) is 2. The molecule has 0 atom stereocenters. The molecule has 0 saturated carbocycles. The van der Waals surface area contributed by atoms with Crippen molar-refractivity contribution < 1.29 is 0 Å². The van der Waals surface area contributed by atoms with Crippen LogP contribution in [0.3, 0.4) is 0 Å². The lowest BCUT2D eigenvalue weighted by molar-refractivity contribution is 0.0294. The van der Waals surface area contributed by atoms with Gasteiger partial charge in [-0.3, -0.25) is 10.8 Å². The van der Waals surface area contributed by atoms with E-state index in [4.69, 9.17) is 57.9 Å². The van der Waals surface area contributed by atoms with Crippen LogP contribution in [0.1, 0.15) is 11.1 Å². The molecule has 0 bridgehead atoms. The van der Waals surface area contributed by atoms with E-state index in [0.717, 1.165) is 17.7 Å². The molecule has 4 rings (SSSR count). The van der Waals surface area contributed by atoms with E-state index in [0.29, 0.717) is 11.1 Å². The van der Waals surface area contributed by atoms with Crippen molar-refractivity contribution in [1.29, 1.82) is 10.8 Å². The number of rotatable bonds is 2. The molecule has 2 N–H and O–H groups in total. The van der Waals surface area contributed by atoms with Crippen LogP contribution in [0, 0.1) is 10.8 Å². The largest absolute Gasteiger partial charge is 0.267 e. The summed E-state index contributed by atoms with van der Waals surface area (Å²) in [5.74, 6) is -0.435. The van der Waals surface area contributed by atoms with Gasteiger partial charge in [-0.15, -0.1) is 0 Å². The van der Waals surface area contributed by atoms with E-state index in [2.05, 4.69) is 0 Å². The van der Waals surface area contributed by atoms with E-state index in [1.807, 2.05) is 36.4 Å². The molecule has 0 radical (unpaired) electrons. The van der Waals surface area contributed by atoms with Gasteiger partial charge in [-0.2, -0.15) is 0 Å². The van der Waals surface area contributed by atoms with Crippen LogP contribution in [-0.4, -0.2) is 29.6 Å². The van der Waals surface area contributed by atoms with Crippen molar-refractivity contribution in [3.8, 4) is 0 Å². The molecule has 2 fully saturated rings. The quantitative estimate of drug-likeness (QED) is 0.694. The van der Waals surface area contributed by atoms with E-state index in [-0.39, 0.29) is 11.9 Å². The Bertz CT molecular complexity index is 779. The monoisotopic (exact) mass is 428 g/mol. The van der Waals surface area contributed by atoms with Gasteiger partial charge in [0.2, 0.25) is 23.2 Å². The summed E-state index contributed by atoms with van der Waals surface area (Å²) in [6, 6.07) is 18.2. The first-order chi connectivity index (χ1) is 12.4. The molecular formula is C16H12Cl4N6. The Balaban J connectivity index is 2.16. The fourth-order valence-electron chi connectivity index (χ4n) is 3.67. The number of benzene rings is 2. The van der Waals surface area contributed by atoms with E-state index < -0.39 is 11.3 Å². The van der Waals surface area contributed by atoms with Gasteiger partial charge < -0.3 is 0 Å². The lowest BCUT2D eigenvalue weighted by Crippen LogP contribution is -2.58. The molecule has 2 aromatic rings. The molecule has 2 aromatic carbocycles. The van der Waals surface area contributed by atoms with Gasteiger partial charge in [-0.1, -0.05) is 60.7 Å². The fraction of sp³-hybridized carbons (Fsp3) is 0.125. The van der Waals surface area contributed by atoms with E-state index in [1.54, 1.807) is 24.3 Å². The fourth-order valence-corrected chi connectivity index (χ4v) is 5.29. The molecule has 0 amide bonds. The summed E-state index contributed by atoms with van der Waals surface area (Å²) in [4.78, 5) is 0. The van der Waals surface area contributed by atoms with Crippen molar-refractivity contribution in [2.75, 3.05) is 0 Å². The van der Waals surface area contributed by atoms with Gasteiger partial charge in [0.05, 0.1) is 0 Å². The number of halogens is 4. The maximum absolute atomic E-state index is 8.40. The SMILES string of the molecule is N=C1N(Cl)C2(c3ccccc3)N(Cl)C(=N)N(Cl)C2(c2ccccc2)N1Cl. The second-order valence-corrected chi connectivity index (χ2v) is 7.20. The summed E-state index contributed by atoms with van der Waals surface area (Å²) in [6.45, 7) is 0. The normalized spacial score (nSPS) is 28.2. The first kappa shape index (κ1) is 17.5. The maximum atomic E-state index is 8.40. The number of guanidine groups is 2. The van der Waals surface area contributed by atoms with Crippen LogP contribution < -0.4 is 0 Å². The summed E-state index contributed by atoms with van der Waals surface area (Å²) < 4.78 is 4.41. The van der Waals surface area contributed by atoms with E-state index >= 15 is 0 Å². The molecule has 2 aliphatic heterocycles. The second kappa shape index (κ2) is 5.82. The van der Waals surface area contributed by atoms with Crippen LogP contribution in [-0.2, 0) is 11.3 Å². The third-order valence-corrected chi connectivity index (χ3v) is 6.34. The second-order valence-electron chi connectivity index (χ2n) is 5.85. The van der Waals surface area contributed by atoms with Crippen LogP contribution in [0.15, 0.2) is 60.7 Å². The van der Waals surface area contributed by atoms with Gasteiger partial charge in [0.1, 0.15) is 0 Å². The standard InChI is InChI=1S/C16H12Cl4N6/c17-23-13(21)25(19)16(12-9-5-2-6-10-12)15(23,11-7-3-1-4-8-11)24(18)14(22)26(16)20/h1-10,21-22H. The zero-order chi connectivity index (χ0) is 18.7. The molecule has 10 heteroatoms. The molecule has 2 saturated heterocycles. The average molecular weight is 430 g/mol. The van der Waals surface area contributed by atoms with Crippen LogP contribution in [0.25, 0.3) is 0 Å². The number of fused-ring (bicyclic) bond motifs is 1. The Morgan fingerprint density at radius 2 is 0.808 bits per heavy atom. The van der Waals surface area contributed by atoms with Crippen LogP contribution in [0.4, 0.5) is 0 Å². The molecule has 26 heavy (non-hydrogen) atoms. The number of hydrogen-bond acceptors (Lipinski definition) is 2. The highest BCUT2D eigenvalue weighted by molar-refractivity contribution is 6.36. The lowest BCUT2D eigenvalue weighted by Gasteiger charge is -2.44. The van der Waals surface area contributed by atoms with Crippen LogP contribution in [0.2, 0.25) is 0 Å². The molecule has 0 spiro atoms. The highest BCUT2D eigenvalue weighted by Crippen LogP contribution is 2.64. The van der Waals surface area contributed by atoms with Gasteiger partial charge in [-0.25, -0.2) is 17.7 Å². The van der Waals surface area contributed by atoms with Crippen molar-refractivity contribution in [3.63, 3.8) is 0 Å². The maximum Gasteiger partial charge on any atom is 0.228 e. The third-order valence-electron chi connectivity index (χ3n) is 4.72. The highest BCUT2D eigenvalue weighted by atomic mass is 35.5. The summed E-state index contributed by atoms with van der Waals surface area (Å²) in [5.41, 5.74) is -1.68. The van der Waals surface area contributed by atoms with Crippen molar-refractivity contribution >= 4 is 59.0 Å². The number of nitrogens with zero attached hydrogens (tertiary/aromatic N) is 4. The third kappa shape index (κ3) is 1.75. The topological polar surface area (TPSA) is 60.7 Å². The predicted molar refractivity (Wildman–Crippen MR) is 102 cm³/mol. The molecule has 2 heterocycles. The van der Waals surface area contributed by atoms with Crippen molar-refractivity contribution in [2.24, 2.45) is 0 Å². The molecule has 134 valence electrons. The minimum absolute atomic E-state index is 0.218. The summed E-state index contributed by atoms with van der Waals surface area (Å²) >= 11 is 26.4. The first-order valence-corrected chi connectivity index (χ1v) is 8.89. The minimum Gasteiger partial charge on any atom is -0.267 e. The average Bonchev–Trinajstić information content (AvgIpc) is 2.98. The Kier molecular flexibility index (Phi) is 3.93. The van der Waals surface area contributed by atoms with Gasteiger partial charge in [0.25, 0.3) is 0 Å². The molecule has 0 unspecified atom stereocenters. The molecule has 6 nitrogen and oxygen atoms in total. The van der Waals surface area contributed by atoms with Crippen LogP contribution in [0.5, 0.6) is 0 Å². The molecular weight excluding hydrogens is 418 g/mol. The van der Waals surface area contributed by atoms with E-state index in [9.17, 15) is 0 Å². The molecule has 2 aliphatic rings. The Morgan fingerprint density at radius 1 is 0.538 bits per heavy atom. The van der Waals surface area contributed by atoms with Crippen LogP contribution >= 0.6 is 47.1 Å². The summed E-state index contributed by atoms with van der Waals surface area (Å²) in [5, 5.41) is 16.8. The smallest absolute Gasteiger partial charge is 0.228 e. The highest BCUT2D eigenvalue weighted by Gasteiger charge is 2.79. The molecule has 0 aromatic heterocycles. The minimum atomic E-state index is -1.46. The summed E-state index contributed by atoms with van der Waals surface area (Å²) in [7, 11) is 0. The van der Waals surface area contributed by atoms with Crippen molar-refractivity contribution in [3.05, 3.63) is 71.8 Å². The molecule has 0 aliphatic carbocycles. The van der Waals surface area contributed by atoms with Gasteiger partial charge >= 0.3 is 0 Å². The number of hydrogen-bond donors (Lipinski definition) is 2. The Morgan fingerprint density at radius 3 is 1.08 bits per heavy atom. The Hall–Kier alpha value is -1.86. The first-order valence-electron chi connectivity index (χ1n) is 7.54. The predicted octanol–water partition coefficient (Wildman–Crippen LogP) is 4.41. The zero-order valence-electron chi connectivity index (χ0n) is 13.1. The Labute approximate surface area is 170 Å². The summed E-state index contributed by atoms with van der Waals surface area (Å²) in [6.07, 6.45) is 0. The van der Waals surface area contributed by atoms with Crippen molar-refractivity contribution in [1.82, 2.24) is 17.7 Å². The lowest BCUT2D eigenvalue weighted by atomic mass is 9.83.